The number of halogens is 2. The molecular weight excluding hydrogens is 367 g/mol. The van der Waals surface area contributed by atoms with E-state index in [0.29, 0.717) is 10.4 Å². The van der Waals surface area contributed by atoms with E-state index in [1.165, 1.54) is 25.0 Å². The molecule has 5 heteroatoms. The van der Waals surface area contributed by atoms with Crippen molar-refractivity contribution in [2.75, 3.05) is 5.75 Å². The lowest BCUT2D eigenvalue weighted by Crippen LogP contribution is -2.10. The molecule has 0 aromatic carbocycles. The van der Waals surface area contributed by atoms with Crippen molar-refractivity contribution in [2.24, 2.45) is 0 Å². The number of rotatable bonds is 3. The van der Waals surface area contributed by atoms with Gasteiger partial charge in [-0.3, -0.25) is 0 Å². The topological polar surface area (TPSA) is 25.8 Å². The first-order valence-corrected chi connectivity index (χ1v) is 8.56. The SMILES string of the molecule is CCCc1nc(C2CCCCS2)nc(Cl)c1I. The van der Waals surface area contributed by atoms with Crippen LogP contribution in [0.2, 0.25) is 5.15 Å². The Bertz CT molecular complexity index is 394. The normalized spacial score (nSPS) is 20.5. The van der Waals surface area contributed by atoms with E-state index in [1.54, 1.807) is 0 Å². The van der Waals surface area contributed by atoms with Gasteiger partial charge in [0.2, 0.25) is 0 Å². The summed E-state index contributed by atoms with van der Waals surface area (Å²) in [7, 11) is 0. The molecule has 0 amide bonds. The van der Waals surface area contributed by atoms with Gasteiger partial charge in [-0.25, -0.2) is 9.97 Å². The van der Waals surface area contributed by atoms with Crippen molar-refractivity contribution < 1.29 is 0 Å². The quantitative estimate of drug-likeness (QED) is 0.562. The van der Waals surface area contributed by atoms with Crippen LogP contribution in [0.5, 0.6) is 0 Å². The number of nitrogens with zero attached hydrogens (tertiary/aromatic N) is 2. The molecule has 1 aliphatic heterocycles. The standard InChI is InChI=1S/C12H16ClIN2S/c1-2-5-8-10(14)11(13)16-12(15-8)9-6-3-4-7-17-9/h9H,2-7H2,1H3. The van der Waals surface area contributed by atoms with Gasteiger partial charge in [0.05, 0.1) is 14.5 Å². The summed E-state index contributed by atoms with van der Waals surface area (Å²) in [6.45, 7) is 2.17. The van der Waals surface area contributed by atoms with E-state index in [2.05, 4.69) is 34.5 Å². The van der Waals surface area contributed by atoms with E-state index in [0.717, 1.165) is 27.9 Å². The molecule has 17 heavy (non-hydrogen) atoms. The van der Waals surface area contributed by atoms with Gasteiger partial charge in [0.15, 0.2) is 0 Å². The molecular formula is C12H16ClIN2S. The highest BCUT2D eigenvalue weighted by atomic mass is 127. The van der Waals surface area contributed by atoms with Crippen LogP contribution in [-0.4, -0.2) is 15.7 Å². The Labute approximate surface area is 125 Å². The molecule has 1 aromatic heterocycles. The molecule has 0 bridgehead atoms. The van der Waals surface area contributed by atoms with Crippen molar-refractivity contribution in [3.8, 4) is 0 Å². The van der Waals surface area contributed by atoms with Gasteiger partial charge in [-0.15, -0.1) is 0 Å². The van der Waals surface area contributed by atoms with Gasteiger partial charge in [0.1, 0.15) is 11.0 Å². The van der Waals surface area contributed by atoms with Gasteiger partial charge in [0.25, 0.3) is 0 Å². The predicted octanol–water partition coefficient (Wildman–Crippen LogP) is 4.65. The Hall–Kier alpha value is 0.450. The Balaban J connectivity index is 2.27. The summed E-state index contributed by atoms with van der Waals surface area (Å²) in [6.07, 6.45) is 5.88. The zero-order chi connectivity index (χ0) is 12.3. The van der Waals surface area contributed by atoms with E-state index >= 15 is 0 Å². The van der Waals surface area contributed by atoms with Crippen LogP contribution in [0.1, 0.15) is 49.4 Å². The largest absolute Gasteiger partial charge is 0.236 e. The molecule has 2 heterocycles. The van der Waals surface area contributed by atoms with E-state index in [4.69, 9.17) is 16.6 Å². The highest BCUT2D eigenvalue weighted by molar-refractivity contribution is 14.1. The first kappa shape index (κ1) is 13.9. The summed E-state index contributed by atoms with van der Waals surface area (Å²) >= 11 is 10.4. The molecule has 0 saturated carbocycles. The van der Waals surface area contributed by atoms with Crippen molar-refractivity contribution in [1.82, 2.24) is 9.97 Å². The van der Waals surface area contributed by atoms with Gasteiger partial charge in [-0.05, 0) is 47.6 Å². The minimum absolute atomic E-state index is 0.453. The lowest BCUT2D eigenvalue weighted by molar-refractivity contribution is 0.656. The summed E-state index contributed by atoms with van der Waals surface area (Å²) in [6, 6.07) is 0. The number of hydrogen-bond donors (Lipinski definition) is 0. The monoisotopic (exact) mass is 382 g/mol. The first-order valence-electron chi connectivity index (χ1n) is 6.05. The van der Waals surface area contributed by atoms with Crippen LogP contribution in [0.3, 0.4) is 0 Å². The van der Waals surface area contributed by atoms with Gasteiger partial charge in [-0.1, -0.05) is 31.4 Å². The summed E-state index contributed by atoms with van der Waals surface area (Å²) < 4.78 is 1.02. The summed E-state index contributed by atoms with van der Waals surface area (Å²) in [5.74, 6) is 2.17. The van der Waals surface area contributed by atoms with Crippen molar-refractivity contribution in [1.29, 1.82) is 0 Å². The van der Waals surface area contributed by atoms with E-state index in [9.17, 15) is 0 Å². The van der Waals surface area contributed by atoms with Crippen LogP contribution in [0.4, 0.5) is 0 Å². The lowest BCUT2D eigenvalue weighted by Gasteiger charge is -2.20. The maximum Gasteiger partial charge on any atom is 0.146 e. The van der Waals surface area contributed by atoms with Crippen LogP contribution in [-0.2, 0) is 6.42 Å². The summed E-state index contributed by atoms with van der Waals surface area (Å²) in [5.41, 5.74) is 1.12. The Kier molecular flexibility index (Phi) is 5.36. The molecule has 2 nitrogen and oxygen atoms in total. The van der Waals surface area contributed by atoms with Gasteiger partial charge < -0.3 is 0 Å². The summed E-state index contributed by atoms with van der Waals surface area (Å²) in [4.78, 5) is 9.19. The molecule has 0 aliphatic carbocycles. The van der Waals surface area contributed by atoms with Crippen molar-refractivity contribution in [3.63, 3.8) is 0 Å². The van der Waals surface area contributed by atoms with Gasteiger partial charge in [0, 0.05) is 0 Å². The van der Waals surface area contributed by atoms with Gasteiger partial charge in [-0.2, -0.15) is 11.8 Å². The fraction of sp³-hybridized carbons (Fsp3) is 0.667. The average molecular weight is 383 g/mol. The minimum Gasteiger partial charge on any atom is -0.236 e. The summed E-state index contributed by atoms with van der Waals surface area (Å²) in [5, 5.41) is 1.08. The Morgan fingerprint density at radius 2 is 2.24 bits per heavy atom. The minimum atomic E-state index is 0.453. The van der Waals surface area contributed by atoms with Gasteiger partial charge >= 0.3 is 0 Å². The molecule has 0 spiro atoms. The molecule has 1 atom stereocenters. The molecule has 94 valence electrons. The van der Waals surface area contributed by atoms with Crippen LogP contribution < -0.4 is 0 Å². The number of aromatic nitrogens is 2. The number of thioether (sulfide) groups is 1. The highest BCUT2D eigenvalue weighted by Gasteiger charge is 2.21. The molecule has 0 radical (unpaired) electrons. The predicted molar refractivity (Wildman–Crippen MR) is 82.8 cm³/mol. The van der Waals surface area contributed by atoms with Crippen molar-refractivity contribution in [3.05, 3.63) is 20.2 Å². The molecule has 1 fully saturated rings. The third-order valence-electron chi connectivity index (χ3n) is 2.85. The second kappa shape index (κ2) is 6.57. The smallest absolute Gasteiger partial charge is 0.146 e. The third kappa shape index (κ3) is 3.47. The Morgan fingerprint density at radius 3 is 2.88 bits per heavy atom. The zero-order valence-electron chi connectivity index (χ0n) is 9.88. The average Bonchev–Trinajstić information content (AvgIpc) is 2.36. The first-order chi connectivity index (χ1) is 8.22. The molecule has 0 N–H and O–H groups in total. The molecule has 2 rings (SSSR count). The van der Waals surface area contributed by atoms with Crippen molar-refractivity contribution in [2.45, 2.75) is 44.3 Å². The Morgan fingerprint density at radius 1 is 1.41 bits per heavy atom. The second-order valence-corrected chi connectivity index (χ2v) is 6.99. The number of hydrogen-bond acceptors (Lipinski definition) is 3. The fourth-order valence-electron chi connectivity index (χ4n) is 1.97. The fourth-order valence-corrected chi connectivity index (χ4v) is 3.92. The van der Waals surface area contributed by atoms with Crippen LogP contribution >= 0.6 is 46.0 Å². The maximum atomic E-state index is 6.21. The highest BCUT2D eigenvalue weighted by Crippen LogP contribution is 2.37. The molecule has 1 aliphatic rings. The van der Waals surface area contributed by atoms with E-state index in [1.807, 2.05) is 11.8 Å². The molecule has 1 saturated heterocycles. The zero-order valence-corrected chi connectivity index (χ0v) is 13.6. The second-order valence-electron chi connectivity index (χ2n) is 4.24. The van der Waals surface area contributed by atoms with Crippen LogP contribution in [0.15, 0.2) is 0 Å². The lowest BCUT2D eigenvalue weighted by atomic mass is 10.1. The van der Waals surface area contributed by atoms with E-state index in [-0.39, 0.29) is 0 Å². The van der Waals surface area contributed by atoms with E-state index < -0.39 is 0 Å². The molecule has 1 unspecified atom stereocenters. The molecule has 1 aromatic rings. The number of aryl methyl sites for hydroxylation is 1. The van der Waals surface area contributed by atoms with Crippen LogP contribution in [0.25, 0.3) is 0 Å². The van der Waals surface area contributed by atoms with Crippen LogP contribution in [0, 0.1) is 3.57 Å². The maximum absolute atomic E-state index is 6.21. The van der Waals surface area contributed by atoms with Crippen molar-refractivity contribution >= 4 is 46.0 Å². The third-order valence-corrected chi connectivity index (χ3v) is 5.95.